The zero-order valence-electron chi connectivity index (χ0n) is 11.7. The van der Waals surface area contributed by atoms with Gasteiger partial charge in [-0.05, 0) is 47.5 Å². The first-order valence-electron chi connectivity index (χ1n) is 6.43. The predicted molar refractivity (Wildman–Crippen MR) is 72.1 cm³/mol. The molecule has 1 rings (SSSR count). The number of ketones is 1. The van der Waals surface area contributed by atoms with Crippen molar-refractivity contribution >= 4 is 16.8 Å². The Balaban J connectivity index is 2.87. The van der Waals surface area contributed by atoms with Crippen LogP contribution in [-0.2, 0) is 15.8 Å². The van der Waals surface area contributed by atoms with Crippen LogP contribution in [-0.4, -0.2) is 31.1 Å². The smallest absolute Gasteiger partial charge is 0.131 e. The quantitative estimate of drug-likeness (QED) is 0.781. The lowest BCUT2D eigenvalue weighted by atomic mass is 9.96. The van der Waals surface area contributed by atoms with E-state index in [0.717, 1.165) is 19.3 Å². The van der Waals surface area contributed by atoms with Crippen LogP contribution < -0.4 is 0 Å². The summed E-state index contributed by atoms with van der Waals surface area (Å²) in [5, 5.41) is 0. The van der Waals surface area contributed by atoms with Gasteiger partial charge in [-0.25, -0.2) is 8.51 Å². The number of piperidine rings is 1. The van der Waals surface area contributed by atoms with Crippen LogP contribution in [0.5, 0.6) is 0 Å². The molecule has 3 atom stereocenters. The van der Waals surface area contributed by atoms with Gasteiger partial charge >= 0.3 is 0 Å². The Morgan fingerprint density at radius 1 is 1.35 bits per heavy atom. The molecule has 17 heavy (non-hydrogen) atoms. The van der Waals surface area contributed by atoms with Crippen LogP contribution in [0.3, 0.4) is 0 Å². The first-order chi connectivity index (χ1) is 7.73. The zero-order chi connectivity index (χ0) is 13.2. The van der Waals surface area contributed by atoms with Crippen molar-refractivity contribution in [2.24, 2.45) is 0 Å². The molecule has 1 saturated heterocycles. The molecule has 0 N–H and O–H groups in total. The van der Waals surface area contributed by atoms with Crippen molar-refractivity contribution in [2.75, 3.05) is 0 Å². The van der Waals surface area contributed by atoms with Gasteiger partial charge < -0.3 is 0 Å². The molecular weight excluding hydrogens is 234 g/mol. The topological polar surface area (TPSA) is 37.4 Å². The standard InChI is InChI=1S/C13H25NO2S/c1-10-7-6-8-12(9-11(2)15)14(10)17(16)13(3,4)5/h10,12H,6-9H2,1-5H3/t10-,12-,17+/m1/s1. The molecule has 0 radical (unpaired) electrons. The van der Waals surface area contributed by atoms with E-state index in [1.54, 1.807) is 6.92 Å². The largest absolute Gasteiger partial charge is 0.300 e. The molecule has 0 aliphatic carbocycles. The predicted octanol–water partition coefficient (Wildman–Crippen LogP) is 2.67. The minimum atomic E-state index is -1.02. The van der Waals surface area contributed by atoms with Crippen molar-refractivity contribution in [3.05, 3.63) is 0 Å². The van der Waals surface area contributed by atoms with Gasteiger partial charge in [0.05, 0.1) is 4.75 Å². The molecule has 100 valence electrons. The summed E-state index contributed by atoms with van der Waals surface area (Å²) in [5.41, 5.74) is 0. The van der Waals surface area contributed by atoms with Gasteiger partial charge in [-0.15, -0.1) is 0 Å². The van der Waals surface area contributed by atoms with Crippen molar-refractivity contribution in [2.45, 2.75) is 77.1 Å². The average molecular weight is 259 g/mol. The molecule has 0 amide bonds. The van der Waals surface area contributed by atoms with E-state index in [9.17, 15) is 9.00 Å². The van der Waals surface area contributed by atoms with Crippen LogP contribution in [0.4, 0.5) is 0 Å². The van der Waals surface area contributed by atoms with E-state index >= 15 is 0 Å². The molecule has 1 fully saturated rings. The maximum atomic E-state index is 12.5. The van der Waals surface area contributed by atoms with Crippen LogP contribution in [0.15, 0.2) is 0 Å². The first-order valence-corrected chi connectivity index (χ1v) is 7.54. The molecule has 1 aliphatic heterocycles. The molecule has 0 spiro atoms. The van der Waals surface area contributed by atoms with Crippen LogP contribution in [0.25, 0.3) is 0 Å². The lowest BCUT2D eigenvalue weighted by Crippen LogP contribution is -2.51. The van der Waals surface area contributed by atoms with Gasteiger partial charge in [0, 0.05) is 18.5 Å². The Morgan fingerprint density at radius 3 is 2.41 bits per heavy atom. The van der Waals surface area contributed by atoms with E-state index in [1.807, 2.05) is 20.8 Å². The van der Waals surface area contributed by atoms with Gasteiger partial charge in [-0.2, -0.15) is 0 Å². The number of carbonyl (C=O) groups is 1. The molecular formula is C13H25NO2S. The van der Waals surface area contributed by atoms with Crippen LogP contribution >= 0.6 is 0 Å². The van der Waals surface area contributed by atoms with E-state index in [-0.39, 0.29) is 16.6 Å². The highest BCUT2D eigenvalue weighted by Gasteiger charge is 2.37. The molecule has 0 aromatic rings. The molecule has 4 heteroatoms. The first kappa shape index (κ1) is 14.8. The third kappa shape index (κ3) is 3.88. The number of hydrogen-bond acceptors (Lipinski definition) is 2. The maximum absolute atomic E-state index is 12.5. The Bertz CT molecular complexity index is 309. The van der Waals surface area contributed by atoms with Crippen molar-refractivity contribution < 1.29 is 9.00 Å². The SMILES string of the molecule is CC(=O)C[C@H]1CCC[C@@H](C)N1[S@@](=O)C(C)(C)C. The molecule has 1 aliphatic rings. The summed E-state index contributed by atoms with van der Waals surface area (Å²) in [6, 6.07) is 0.476. The second-order valence-electron chi connectivity index (χ2n) is 6.06. The Morgan fingerprint density at radius 2 is 1.94 bits per heavy atom. The molecule has 3 nitrogen and oxygen atoms in total. The van der Waals surface area contributed by atoms with Crippen molar-refractivity contribution in [1.82, 2.24) is 4.31 Å². The van der Waals surface area contributed by atoms with Crippen molar-refractivity contribution in [3.63, 3.8) is 0 Å². The minimum Gasteiger partial charge on any atom is -0.300 e. The summed E-state index contributed by atoms with van der Waals surface area (Å²) in [4.78, 5) is 11.3. The van der Waals surface area contributed by atoms with Crippen LogP contribution in [0.1, 0.15) is 60.3 Å². The second-order valence-corrected chi connectivity index (χ2v) is 8.21. The summed E-state index contributed by atoms with van der Waals surface area (Å²) in [6.07, 6.45) is 3.74. The van der Waals surface area contributed by atoms with E-state index in [2.05, 4.69) is 11.2 Å². The molecule has 0 aromatic heterocycles. The van der Waals surface area contributed by atoms with E-state index in [1.165, 1.54) is 0 Å². The average Bonchev–Trinajstić information content (AvgIpc) is 2.14. The van der Waals surface area contributed by atoms with Gasteiger partial charge in [-0.1, -0.05) is 6.42 Å². The Kier molecular flexibility index (Phi) is 4.90. The summed E-state index contributed by atoms with van der Waals surface area (Å²) >= 11 is 0. The van der Waals surface area contributed by atoms with Gasteiger partial charge in [0.2, 0.25) is 0 Å². The minimum absolute atomic E-state index is 0.163. The zero-order valence-corrected chi connectivity index (χ0v) is 12.5. The van der Waals surface area contributed by atoms with E-state index in [0.29, 0.717) is 12.5 Å². The summed E-state index contributed by atoms with van der Waals surface area (Å²) < 4.78 is 14.4. The van der Waals surface area contributed by atoms with Gasteiger partial charge in [-0.3, -0.25) is 4.79 Å². The van der Waals surface area contributed by atoms with Gasteiger partial charge in [0.1, 0.15) is 16.8 Å². The molecule has 0 unspecified atom stereocenters. The number of Topliss-reactive ketones (excluding diaryl/α,β-unsaturated/α-hetero) is 1. The van der Waals surface area contributed by atoms with Crippen LogP contribution in [0, 0.1) is 0 Å². The number of carbonyl (C=O) groups excluding carboxylic acids is 1. The molecule has 0 saturated carbocycles. The highest BCUT2D eigenvalue weighted by atomic mass is 32.2. The normalized spacial score (nSPS) is 29.0. The fourth-order valence-corrected chi connectivity index (χ4v) is 3.92. The lowest BCUT2D eigenvalue weighted by molar-refractivity contribution is -0.118. The summed E-state index contributed by atoms with van der Waals surface area (Å²) in [5.74, 6) is 0.194. The maximum Gasteiger partial charge on any atom is 0.131 e. The number of nitrogens with zero attached hydrogens (tertiary/aromatic N) is 1. The fourth-order valence-electron chi connectivity index (χ4n) is 2.40. The second kappa shape index (κ2) is 5.61. The summed E-state index contributed by atoms with van der Waals surface area (Å²) in [7, 11) is -1.02. The van der Waals surface area contributed by atoms with E-state index in [4.69, 9.17) is 0 Å². The highest BCUT2D eigenvalue weighted by Crippen LogP contribution is 2.30. The third-order valence-corrected chi connectivity index (χ3v) is 5.28. The molecule has 0 bridgehead atoms. The van der Waals surface area contributed by atoms with Gasteiger partial charge in [0.15, 0.2) is 0 Å². The monoisotopic (exact) mass is 259 g/mol. The van der Waals surface area contributed by atoms with E-state index < -0.39 is 11.0 Å². The molecule has 1 heterocycles. The Hall–Kier alpha value is -0.220. The van der Waals surface area contributed by atoms with Crippen molar-refractivity contribution in [1.29, 1.82) is 0 Å². The molecule has 0 aromatic carbocycles. The Labute approximate surface area is 108 Å². The number of hydrogen-bond donors (Lipinski definition) is 0. The highest BCUT2D eigenvalue weighted by molar-refractivity contribution is 7.84. The van der Waals surface area contributed by atoms with Gasteiger partial charge in [0.25, 0.3) is 0 Å². The fraction of sp³-hybridized carbons (Fsp3) is 0.923. The third-order valence-electron chi connectivity index (χ3n) is 3.19. The number of rotatable bonds is 3. The summed E-state index contributed by atoms with van der Waals surface area (Å²) in [6.45, 7) is 9.73. The lowest BCUT2D eigenvalue weighted by Gasteiger charge is -2.42. The van der Waals surface area contributed by atoms with Crippen molar-refractivity contribution in [3.8, 4) is 0 Å². The van der Waals surface area contributed by atoms with Crippen LogP contribution in [0.2, 0.25) is 0 Å².